The van der Waals surface area contributed by atoms with E-state index in [1.54, 1.807) is 0 Å². The molecule has 0 bridgehead atoms. The molecule has 0 aliphatic heterocycles. The molecule has 1 rings (SSSR count). The van der Waals surface area contributed by atoms with Gasteiger partial charge in [-0.05, 0) is 44.4 Å². The Morgan fingerprint density at radius 1 is 1.19 bits per heavy atom. The van der Waals surface area contributed by atoms with Crippen LogP contribution in [-0.4, -0.2) is 18.1 Å². The number of rotatable bonds is 7. The third-order valence-electron chi connectivity index (χ3n) is 3.67. The first-order valence-corrected chi connectivity index (χ1v) is 7.67. The molecule has 3 atom stereocenters. The molecule has 0 saturated carbocycles. The molecule has 0 aliphatic rings. The smallest absolute Gasteiger partial charge is 0.237 e. The van der Waals surface area contributed by atoms with Crippen LogP contribution in [0.1, 0.15) is 52.6 Å². The van der Waals surface area contributed by atoms with E-state index in [4.69, 9.17) is 10.5 Å². The van der Waals surface area contributed by atoms with Crippen LogP contribution in [0.25, 0.3) is 0 Å². The van der Waals surface area contributed by atoms with Gasteiger partial charge < -0.3 is 15.8 Å². The Kier molecular flexibility index (Phi) is 6.69. The Morgan fingerprint density at radius 3 is 2.24 bits per heavy atom. The van der Waals surface area contributed by atoms with Gasteiger partial charge in [0.1, 0.15) is 5.75 Å². The van der Waals surface area contributed by atoms with Gasteiger partial charge in [-0.25, -0.2) is 0 Å². The molecule has 4 heteroatoms. The lowest BCUT2D eigenvalue weighted by Gasteiger charge is -2.21. The summed E-state index contributed by atoms with van der Waals surface area (Å²) < 4.78 is 5.61. The van der Waals surface area contributed by atoms with Crippen molar-refractivity contribution >= 4 is 5.91 Å². The molecule has 3 N–H and O–H groups in total. The van der Waals surface area contributed by atoms with Crippen molar-refractivity contribution < 1.29 is 9.53 Å². The molecule has 0 fully saturated rings. The van der Waals surface area contributed by atoms with Crippen molar-refractivity contribution in [3.8, 4) is 5.75 Å². The zero-order valence-corrected chi connectivity index (χ0v) is 13.7. The fraction of sp³-hybridized carbons (Fsp3) is 0.588. The third-order valence-corrected chi connectivity index (χ3v) is 3.67. The number of nitrogens with one attached hydrogen (secondary N) is 1. The predicted molar refractivity (Wildman–Crippen MR) is 86.2 cm³/mol. The zero-order chi connectivity index (χ0) is 16.0. The van der Waals surface area contributed by atoms with Gasteiger partial charge in [-0.15, -0.1) is 0 Å². The van der Waals surface area contributed by atoms with Crippen molar-refractivity contribution in [2.75, 3.05) is 0 Å². The minimum absolute atomic E-state index is 0.0688. The van der Waals surface area contributed by atoms with Crippen molar-refractivity contribution in [3.05, 3.63) is 29.8 Å². The van der Waals surface area contributed by atoms with E-state index >= 15 is 0 Å². The van der Waals surface area contributed by atoms with Gasteiger partial charge in [0.25, 0.3) is 0 Å². The van der Waals surface area contributed by atoms with Crippen LogP contribution in [-0.2, 0) is 4.79 Å². The Morgan fingerprint density at radius 2 is 1.76 bits per heavy atom. The molecule has 118 valence electrons. The van der Waals surface area contributed by atoms with Crippen LogP contribution < -0.4 is 15.8 Å². The fourth-order valence-electron chi connectivity index (χ4n) is 2.01. The molecule has 1 aromatic carbocycles. The van der Waals surface area contributed by atoms with Crippen molar-refractivity contribution in [1.82, 2.24) is 5.32 Å². The van der Waals surface area contributed by atoms with E-state index in [1.165, 1.54) is 0 Å². The highest BCUT2D eigenvalue weighted by Gasteiger charge is 2.21. The number of benzene rings is 1. The minimum atomic E-state index is -0.457. The summed E-state index contributed by atoms with van der Waals surface area (Å²) in [4.78, 5) is 12.1. The number of carbonyl (C=O) groups excluding carboxylic acids is 1. The maximum atomic E-state index is 12.1. The van der Waals surface area contributed by atoms with Gasteiger partial charge in [-0.3, -0.25) is 4.79 Å². The Balaban J connectivity index is 2.63. The summed E-state index contributed by atoms with van der Waals surface area (Å²) in [6.07, 6.45) is 1.05. The van der Waals surface area contributed by atoms with Crippen LogP contribution in [0, 0.1) is 5.92 Å². The molecule has 1 aromatic rings. The molecule has 0 radical (unpaired) electrons. The largest absolute Gasteiger partial charge is 0.491 e. The summed E-state index contributed by atoms with van der Waals surface area (Å²) in [6, 6.07) is 7.26. The molecule has 4 nitrogen and oxygen atoms in total. The second-order valence-electron chi connectivity index (χ2n) is 5.88. The molecule has 1 amide bonds. The van der Waals surface area contributed by atoms with Gasteiger partial charge in [0.15, 0.2) is 0 Å². The van der Waals surface area contributed by atoms with Gasteiger partial charge in [-0.1, -0.05) is 32.4 Å². The minimum Gasteiger partial charge on any atom is -0.491 e. The summed E-state index contributed by atoms with van der Waals surface area (Å²) in [5, 5.41) is 2.97. The van der Waals surface area contributed by atoms with E-state index in [2.05, 4.69) is 5.32 Å². The number of hydrogen-bond donors (Lipinski definition) is 2. The lowest BCUT2D eigenvalue weighted by molar-refractivity contribution is -0.124. The topological polar surface area (TPSA) is 64.4 Å². The lowest BCUT2D eigenvalue weighted by Crippen LogP contribution is -2.45. The summed E-state index contributed by atoms with van der Waals surface area (Å²) in [6.45, 7) is 9.97. The van der Waals surface area contributed by atoms with Crippen molar-refractivity contribution in [3.63, 3.8) is 0 Å². The van der Waals surface area contributed by atoms with Crippen molar-refractivity contribution in [2.45, 2.75) is 59.2 Å². The Labute approximate surface area is 128 Å². The van der Waals surface area contributed by atoms with Gasteiger partial charge in [0.05, 0.1) is 18.2 Å². The van der Waals surface area contributed by atoms with Crippen LogP contribution in [0.4, 0.5) is 0 Å². The molecule has 1 unspecified atom stereocenters. The average Bonchev–Trinajstić information content (AvgIpc) is 2.45. The Hall–Kier alpha value is -1.55. The molecule has 0 spiro atoms. The number of ether oxygens (including phenoxy) is 1. The molecular formula is C17H28N2O2. The number of amides is 1. The summed E-state index contributed by atoms with van der Waals surface area (Å²) in [5.74, 6) is 0.918. The van der Waals surface area contributed by atoms with Gasteiger partial charge in [0, 0.05) is 0 Å². The SMILES string of the molecule is CC[C@H](C)[C@H](N)C(=O)NC(C)c1ccc(OC(C)C)cc1. The predicted octanol–water partition coefficient (Wildman–Crippen LogP) is 3.02. The van der Waals surface area contributed by atoms with Crippen molar-refractivity contribution in [1.29, 1.82) is 0 Å². The molecule has 0 aromatic heterocycles. The zero-order valence-electron chi connectivity index (χ0n) is 13.7. The van der Waals surface area contributed by atoms with Gasteiger partial charge in [0.2, 0.25) is 5.91 Å². The second kappa shape index (κ2) is 8.03. The van der Waals surface area contributed by atoms with Crippen LogP contribution >= 0.6 is 0 Å². The highest BCUT2D eigenvalue weighted by atomic mass is 16.5. The first-order valence-electron chi connectivity index (χ1n) is 7.67. The summed E-state index contributed by atoms with van der Waals surface area (Å²) in [7, 11) is 0. The lowest BCUT2D eigenvalue weighted by atomic mass is 9.98. The van der Waals surface area contributed by atoms with Crippen LogP contribution in [0.3, 0.4) is 0 Å². The monoisotopic (exact) mass is 292 g/mol. The van der Waals surface area contributed by atoms with Crippen LogP contribution in [0.5, 0.6) is 5.75 Å². The summed E-state index contributed by atoms with van der Waals surface area (Å²) in [5.41, 5.74) is 6.98. The molecular weight excluding hydrogens is 264 g/mol. The maximum Gasteiger partial charge on any atom is 0.237 e. The van der Waals surface area contributed by atoms with Gasteiger partial charge in [-0.2, -0.15) is 0 Å². The quantitative estimate of drug-likeness (QED) is 0.812. The normalized spacial score (nSPS) is 15.4. The van der Waals surface area contributed by atoms with Crippen LogP contribution in [0.2, 0.25) is 0 Å². The van der Waals surface area contributed by atoms with Crippen molar-refractivity contribution in [2.24, 2.45) is 11.7 Å². The average molecular weight is 292 g/mol. The van der Waals surface area contributed by atoms with E-state index < -0.39 is 6.04 Å². The molecule has 21 heavy (non-hydrogen) atoms. The number of hydrogen-bond acceptors (Lipinski definition) is 3. The van der Waals surface area contributed by atoms with Gasteiger partial charge >= 0.3 is 0 Å². The van der Waals surface area contributed by atoms with E-state index in [0.717, 1.165) is 17.7 Å². The van der Waals surface area contributed by atoms with E-state index in [1.807, 2.05) is 58.9 Å². The Bertz CT molecular complexity index is 443. The highest BCUT2D eigenvalue weighted by molar-refractivity contribution is 5.82. The highest BCUT2D eigenvalue weighted by Crippen LogP contribution is 2.19. The molecule has 0 aliphatic carbocycles. The first kappa shape index (κ1) is 17.5. The van der Waals surface area contributed by atoms with E-state index in [-0.39, 0.29) is 24.0 Å². The third kappa shape index (κ3) is 5.38. The molecule has 0 saturated heterocycles. The number of carbonyl (C=O) groups is 1. The number of nitrogens with two attached hydrogens (primary N) is 1. The van der Waals surface area contributed by atoms with Crippen LogP contribution in [0.15, 0.2) is 24.3 Å². The molecule has 0 heterocycles. The van der Waals surface area contributed by atoms with E-state index in [9.17, 15) is 4.79 Å². The first-order chi connectivity index (χ1) is 9.85. The van der Waals surface area contributed by atoms with E-state index in [0.29, 0.717) is 0 Å². The fourth-order valence-corrected chi connectivity index (χ4v) is 2.01. The summed E-state index contributed by atoms with van der Waals surface area (Å²) >= 11 is 0. The standard InChI is InChI=1S/C17H28N2O2/c1-6-12(4)16(18)17(20)19-13(5)14-7-9-15(10-8-14)21-11(2)3/h7-13,16H,6,18H2,1-5H3,(H,19,20)/t12-,13?,16-/m0/s1. The maximum absolute atomic E-state index is 12.1. The second-order valence-corrected chi connectivity index (χ2v) is 5.88.